The zero-order valence-corrected chi connectivity index (χ0v) is 15.2. The number of aliphatic hydroxyl groups is 1. The number of hydrogen-bond acceptors (Lipinski definition) is 2. The summed E-state index contributed by atoms with van der Waals surface area (Å²) in [6.07, 6.45) is -0.116. The molecular formula is C16H13Br2ClO2. The van der Waals surface area contributed by atoms with Crippen molar-refractivity contribution in [3.8, 4) is 5.75 Å². The third-order valence-electron chi connectivity index (χ3n) is 3.75. The first-order chi connectivity index (χ1) is 9.89. The number of aliphatic hydroxyl groups excluding tert-OH is 1. The van der Waals surface area contributed by atoms with Crippen molar-refractivity contribution < 1.29 is 9.84 Å². The van der Waals surface area contributed by atoms with Gasteiger partial charge >= 0.3 is 0 Å². The highest BCUT2D eigenvalue weighted by molar-refractivity contribution is 9.10. The molecule has 0 aromatic heterocycles. The van der Waals surface area contributed by atoms with E-state index in [0.29, 0.717) is 17.2 Å². The Bertz CT molecular complexity index is 705. The first kappa shape index (κ1) is 15.3. The van der Waals surface area contributed by atoms with Gasteiger partial charge in [0.05, 0.1) is 6.10 Å². The van der Waals surface area contributed by atoms with Gasteiger partial charge in [0.1, 0.15) is 11.4 Å². The largest absolute Gasteiger partial charge is 0.482 e. The average Bonchev–Trinajstić information content (AvgIpc) is 2.37. The molecular weight excluding hydrogens is 419 g/mol. The first-order valence-corrected chi connectivity index (χ1v) is 8.47. The fourth-order valence-electron chi connectivity index (χ4n) is 2.72. The van der Waals surface area contributed by atoms with Gasteiger partial charge in [0.2, 0.25) is 0 Å². The van der Waals surface area contributed by atoms with Crippen molar-refractivity contribution in [3.05, 3.63) is 61.5 Å². The topological polar surface area (TPSA) is 29.5 Å². The molecule has 0 spiro atoms. The minimum atomic E-state index is -0.662. The average molecular weight is 433 g/mol. The molecule has 0 saturated carbocycles. The van der Waals surface area contributed by atoms with E-state index in [4.69, 9.17) is 16.3 Å². The van der Waals surface area contributed by atoms with Gasteiger partial charge in [-0.15, -0.1) is 0 Å². The molecule has 2 atom stereocenters. The van der Waals surface area contributed by atoms with Crippen LogP contribution in [-0.2, 0) is 5.60 Å². The molecule has 1 aliphatic rings. The summed E-state index contributed by atoms with van der Waals surface area (Å²) < 4.78 is 8.02. The van der Waals surface area contributed by atoms with E-state index in [1.807, 2.05) is 43.3 Å². The molecule has 0 radical (unpaired) electrons. The summed E-state index contributed by atoms with van der Waals surface area (Å²) in [7, 11) is 0. The predicted molar refractivity (Wildman–Crippen MR) is 90.9 cm³/mol. The monoisotopic (exact) mass is 430 g/mol. The van der Waals surface area contributed by atoms with Crippen LogP contribution < -0.4 is 4.74 Å². The lowest BCUT2D eigenvalue weighted by Crippen LogP contribution is -2.35. The maximum atomic E-state index is 10.4. The minimum absolute atomic E-state index is 0.461. The second-order valence-electron chi connectivity index (χ2n) is 5.36. The molecule has 2 aromatic rings. The van der Waals surface area contributed by atoms with Crippen LogP contribution in [-0.4, -0.2) is 5.11 Å². The molecule has 110 valence electrons. The van der Waals surface area contributed by atoms with E-state index in [9.17, 15) is 5.11 Å². The molecule has 1 N–H and O–H groups in total. The summed E-state index contributed by atoms with van der Waals surface area (Å²) in [5, 5.41) is 11.1. The SMILES string of the molecule is CC1(c2ccc(Br)cc2Cl)C[C@H](O)c2ccc(Br)cc2O1. The number of rotatable bonds is 1. The van der Waals surface area contributed by atoms with E-state index in [2.05, 4.69) is 31.9 Å². The van der Waals surface area contributed by atoms with Crippen molar-refractivity contribution in [2.45, 2.75) is 25.0 Å². The molecule has 2 nitrogen and oxygen atoms in total. The Balaban J connectivity index is 2.07. The van der Waals surface area contributed by atoms with Crippen molar-refractivity contribution in [2.24, 2.45) is 0 Å². The van der Waals surface area contributed by atoms with E-state index in [0.717, 1.165) is 20.1 Å². The molecule has 0 fully saturated rings. The Kier molecular flexibility index (Phi) is 4.08. The molecule has 2 aromatic carbocycles. The van der Waals surface area contributed by atoms with Gasteiger partial charge in [-0.2, -0.15) is 0 Å². The van der Waals surface area contributed by atoms with Crippen molar-refractivity contribution in [1.82, 2.24) is 0 Å². The summed E-state index contributed by atoms with van der Waals surface area (Å²) >= 11 is 13.2. The lowest BCUT2D eigenvalue weighted by molar-refractivity contribution is -0.00484. The fourth-order valence-corrected chi connectivity index (χ4v) is 3.93. The number of fused-ring (bicyclic) bond motifs is 1. The molecule has 21 heavy (non-hydrogen) atoms. The number of halogens is 3. The lowest BCUT2D eigenvalue weighted by Gasteiger charge is -2.39. The Morgan fingerprint density at radius 3 is 2.57 bits per heavy atom. The first-order valence-electron chi connectivity index (χ1n) is 6.51. The Morgan fingerprint density at radius 1 is 1.19 bits per heavy atom. The van der Waals surface area contributed by atoms with Crippen LogP contribution in [0.5, 0.6) is 5.75 Å². The van der Waals surface area contributed by atoms with Crippen LogP contribution in [0.1, 0.15) is 30.6 Å². The smallest absolute Gasteiger partial charge is 0.135 e. The second-order valence-corrected chi connectivity index (χ2v) is 7.60. The Hall–Kier alpha value is -0.550. The van der Waals surface area contributed by atoms with Gasteiger partial charge in [-0.3, -0.25) is 0 Å². The maximum absolute atomic E-state index is 10.4. The van der Waals surface area contributed by atoms with Gasteiger partial charge in [0.25, 0.3) is 0 Å². The Labute approximate surface area is 145 Å². The summed E-state index contributed by atoms with van der Waals surface area (Å²) in [5.74, 6) is 0.685. The standard InChI is InChI=1S/C16H13Br2ClO2/c1-16(12-5-3-9(17)6-13(12)19)8-14(20)11-4-2-10(18)7-15(11)21-16/h2-7,14,20H,8H2,1H3/t14-,16?/m0/s1. The zero-order chi connectivity index (χ0) is 15.2. The highest BCUT2D eigenvalue weighted by Crippen LogP contribution is 2.47. The highest BCUT2D eigenvalue weighted by Gasteiger charge is 2.39. The van der Waals surface area contributed by atoms with Gasteiger partial charge in [-0.25, -0.2) is 0 Å². The summed E-state index contributed by atoms with van der Waals surface area (Å²) in [6.45, 7) is 1.95. The van der Waals surface area contributed by atoms with Crippen molar-refractivity contribution >= 4 is 43.5 Å². The van der Waals surface area contributed by atoms with E-state index in [-0.39, 0.29) is 0 Å². The van der Waals surface area contributed by atoms with Crippen LogP contribution in [0.15, 0.2) is 45.3 Å². The predicted octanol–water partition coefficient (Wildman–Crippen LogP) is 5.60. The van der Waals surface area contributed by atoms with E-state index in [1.165, 1.54) is 0 Å². The highest BCUT2D eigenvalue weighted by atomic mass is 79.9. The number of hydrogen-bond donors (Lipinski definition) is 1. The van der Waals surface area contributed by atoms with E-state index < -0.39 is 11.7 Å². The fraction of sp³-hybridized carbons (Fsp3) is 0.250. The molecule has 0 bridgehead atoms. The van der Waals surface area contributed by atoms with Crippen molar-refractivity contribution in [2.75, 3.05) is 0 Å². The summed E-state index contributed by atoms with van der Waals surface area (Å²) in [5.41, 5.74) is 1.02. The second kappa shape index (κ2) is 5.58. The van der Waals surface area contributed by atoms with E-state index >= 15 is 0 Å². The van der Waals surface area contributed by atoms with Crippen LogP contribution in [0.3, 0.4) is 0 Å². The van der Waals surface area contributed by atoms with Gasteiger partial charge in [-0.1, -0.05) is 55.6 Å². The molecule has 3 rings (SSSR count). The molecule has 1 aliphatic heterocycles. The quantitative estimate of drug-likeness (QED) is 0.636. The van der Waals surface area contributed by atoms with Crippen LogP contribution in [0.2, 0.25) is 5.02 Å². The molecule has 0 saturated heterocycles. The van der Waals surface area contributed by atoms with E-state index in [1.54, 1.807) is 0 Å². The van der Waals surface area contributed by atoms with Gasteiger partial charge in [-0.05, 0) is 31.2 Å². The van der Waals surface area contributed by atoms with Gasteiger partial charge in [0.15, 0.2) is 0 Å². The van der Waals surface area contributed by atoms with Crippen LogP contribution in [0.4, 0.5) is 0 Å². The van der Waals surface area contributed by atoms with Crippen LogP contribution in [0, 0.1) is 0 Å². The van der Waals surface area contributed by atoms with Crippen molar-refractivity contribution in [1.29, 1.82) is 0 Å². The van der Waals surface area contributed by atoms with Crippen LogP contribution in [0.25, 0.3) is 0 Å². The molecule has 1 heterocycles. The summed E-state index contributed by atoms with van der Waals surface area (Å²) in [4.78, 5) is 0. The number of ether oxygens (including phenoxy) is 1. The molecule has 0 aliphatic carbocycles. The molecule has 0 amide bonds. The maximum Gasteiger partial charge on any atom is 0.135 e. The molecule has 5 heteroatoms. The Morgan fingerprint density at radius 2 is 1.86 bits per heavy atom. The van der Waals surface area contributed by atoms with Gasteiger partial charge < -0.3 is 9.84 Å². The van der Waals surface area contributed by atoms with Crippen LogP contribution >= 0.6 is 43.5 Å². The lowest BCUT2D eigenvalue weighted by atomic mass is 9.85. The zero-order valence-electron chi connectivity index (χ0n) is 11.2. The summed E-state index contributed by atoms with van der Waals surface area (Å²) in [6, 6.07) is 11.4. The third kappa shape index (κ3) is 2.87. The molecule has 1 unspecified atom stereocenters. The van der Waals surface area contributed by atoms with Crippen molar-refractivity contribution in [3.63, 3.8) is 0 Å². The normalized spacial score (nSPS) is 24.3. The third-order valence-corrected chi connectivity index (χ3v) is 5.05. The minimum Gasteiger partial charge on any atom is -0.482 e. The number of benzene rings is 2. The van der Waals surface area contributed by atoms with Gasteiger partial charge in [0, 0.05) is 31.5 Å².